The van der Waals surface area contributed by atoms with E-state index in [1.807, 2.05) is 49.4 Å². The molecule has 0 radical (unpaired) electrons. The van der Waals surface area contributed by atoms with Crippen molar-refractivity contribution in [3.05, 3.63) is 88.9 Å². The van der Waals surface area contributed by atoms with Crippen molar-refractivity contribution in [2.75, 3.05) is 25.3 Å². The van der Waals surface area contributed by atoms with Crippen LogP contribution in [0.2, 0.25) is 5.02 Å². The lowest BCUT2D eigenvalue weighted by molar-refractivity contribution is -0.113. The monoisotopic (exact) mass is 529 g/mol. The van der Waals surface area contributed by atoms with Crippen LogP contribution in [0.5, 0.6) is 11.5 Å². The van der Waals surface area contributed by atoms with E-state index in [9.17, 15) is 10.1 Å². The van der Waals surface area contributed by atoms with Crippen LogP contribution in [-0.2, 0) is 4.79 Å². The molecule has 0 fully saturated rings. The number of anilines is 1. The number of pyridine rings is 1. The van der Waals surface area contributed by atoms with Gasteiger partial charge in [0.25, 0.3) is 0 Å². The summed E-state index contributed by atoms with van der Waals surface area (Å²) >= 11 is 7.14. The largest absolute Gasteiger partial charge is 0.493 e. The topological polar surface area (TPSA) is 84.2 Å². The number of amides is 1. The molecule has 1 heterocycles. The van der Waals surface area contributed by atoms with Gasteiger partial charge in [-0.25, -0.2) is 4.98 Å². The number of halogens is 1. The fourth-order valence-corrected chi connectivity index (χ4v) is 4.63. The van der Waals surface area contributed by atoms with Crippen molar-refractivity contribution in [2.45, 2.75) is 11.9 Å². The summed E-state index contributed by atoms with van der Waals surface area (Å²) in [5.41, 5.74) is 5.22. The lowest BCUT2D eigenvalue weighted by Crippen LogP contribution is -2.14. The van der Waals surface area contributed by atoms with Gasteiger partial charge in [-0.15, -0.1) is 0 Å². The second-order valence-electron chi connectivity index (χ2n) is 8.13. The molecular weight excluding hydrogens is 506 g/mol. The third-order valence-corrected chi connectivity index (χ3v) is 6.84. The molecule has 8 heteroatoms. The van der Waals surface area contributed by atoms with Crippen LogP contribution in [0, 0.1) is 18.3 Å². The van der Waals surface area contributed by atoms with Gasteiger partial charge in [0.05, 0.1) is 31.2 Å². The number of aryl methyl sites for hydroxylation is 1. The predicted molar refractivity (Wildman–Crippen MR) is 148 cm³/mol. The fourth-order valence-electron chi connectivity index (χ4n) is 3.70. The molecule has 0 saturated heterocycles. The van der Waals surface area contributed by atoms with Crippen molar-refractivity contribution < 1.29 is 14.3 Å². The number of carbonyl (C=O) groups excluding carboxylic acids is 1. The summed E-state index contributed by atoms with van der Waals surface area (Å²) in [5.74, 6) is 0.999. The van der Waals surface area contributed by atoms with Gasteiger partial charge in [-0.2, -0.15) is 5.26 Å². The van der Waals surface area contributed by atoms with Gasteiger partial charge in [-0.05, 0) is 55.0 Å². The Hall–Kier alpha value is -3.99. The minimum Gasteiger partial charge on any atom is -0.493 e. The van der Waals surface area contributed by atoms with Crippen LogP contribution in [0.1, 0.15) is 11.1 Å². The summed E-state index contributed by atoms with van der Waals surface area (Å²) in [5, 5.41) is 14.0. The van der Waals surface area contributed by atoms with E-state index < -0.39 is 0 Å². The number of nitrogens with zero attached hydrogens (tertiary/aromatic N) is 2. The van der Waals surface area contributed by atoms with Gasteiger partial charge in [-0.3, -0.25) is 4.79 Å². The quantitative estimate of drug-likeness (QED) is 0.247. The molecule has 3 aromatic carbocycles. The van der Waals surface area contributed by atoms with E-state index in [0.717, 1.165) is 16.7 Å². The molecule has 6 nitrogen and oxygen atoms in total. The molecule has 37 heavy (non-hydrogen) atoms. The fraction of sp³-hybridized carbons (Fsp3) is 0.138. The first-order valence-corrected chi connectivity index (χ1v) is 12.7. The van der Waals surface area contributed by atoms with Crippen LogP contribution in [0.15, 0.2) is 77.8 Å². The van der Waals surface area contributed by atoms with Crippen molar-refractivity contribution in [1.29, 1.82) is 5.26 Å². The number of ether oxygens (including phenoxy) is 2. The molecular formula is C29H24ClN3O3S. The SMILES string of the molecule is COc1ccc(-c2cc(-c3ccc(C)cc3)nc(SCC(=O)Nc3ccc(Cl)cc3)c2C#N)cc1OC. The Morgan fingerprint density at radius 3 is 2.30 bits per heavy atom. The molecule has 1 amide bonds. The molecule has 0 saturated carbocycles. The van der Waals surface area contributed by atoms with Crippen LogP contribution in [0.3, 0.4) is 0 Å². The minimum absolute atomic E-state index is 0.0764. The Morgan fingerprint density at radius 1 is 0.973 bits per heavy atom. The number of rotatable bonds is 8. The lowest BCUT2D eigenvalue weighted by atomic mass is 9.98. The van der Waals surface area contributed by atoms with E-state index in [1.54, 1.807) is 44.6 Å². The smallest absolute Gasteiger partial charge is 0.234 e. The lowest BCUT2D eigenvalue weighted by Gasteiger charge is -2.14. The number of methoxy groups -OCH3 is 2. The van der Waals surface area contributed by atoms with Gasteiger partial charge in [-0.1, -0.05) is 59.3 Å². The number of hydrogen-bond acceptors (Lipinski definition) is 6. The zero-order valence-corrected chi connectivity index (χ0v) is 22.1. The molecule has 0 unspecified atom stereocenters. The second-order valence-corrected chi connectivity index (χ2v) is 9.53. The highest BCUT2D eigenvalue weighted by molar-refractivity contribution is 8.00. The van der Waals surface area contributed by atoms with Crippen LogP contribution >= 0.6 is 23.4 Å². The normalized spacial score (nSPS) is 10.5. The van der Waals surface area contributed by atoms with Crippen molar-refractivity contribution >= 4 is 35.0 Å². The Labute approximate surface area is 225 Å². The van der Waals surface area contributed by atoms with Gasteiger partial charge in [0, 0.05) is 21.8 Å². The van der Waals surface area contributed by atoms with Gasteiger partial charge < -0.3 is 14.8 Å². The second kappa shape index (κ2) is 11.8. The summed E-state index contributed by atoms with van der Waals surface area (Å²) in [6.45, 7) is 2.02. The number of nitrogens with one attached hydrogen (secondary N) is 1. The van der Waals surface area contributed by atoms with Crippen LogP contribution in [0.25, 0.3) is 22.4 Å². The molecule has 0 aliphatic rings. The molecule has 0 bridgehead atoms. The third-order valence-electron chi connectivity index (χ3n) is 5.61. The Morgan fingerprint density at radius 2 is 1.65 bits per heavy atom. The first kappa shape index (κ1) is 26.1. The Balaban J connectivity index is 1.73. The van der Waals surface area contributed by atoms with E-state index in [2.05, 4.69) is 11.4 Å². The molecule has 0 aliphatic carbocycles. The number of aromatic nitrogens is 1. The minimum atomic E-state index is -0.216. The summed E-state index contributed by atoms with van der Waals surface area (Å²) in [4.78, 5) is 17.4. The number of hydrogen-bond donors (Lipinski definition) is 1. The van der Waals surface area contributed by atoms with E-state index in [-0.39, 0.29) is 11.7 Å². The number of thioether (sulfide) groups is 1. The summed E-state index contributed by atoms with van der Waals surface area (Å²) in [7, 11) is 3.14. The number of carbonyl (C=O) groups is 1. The molecule has 0 aliphatic heterocycles. The zero-order chi connectivity index (χ0) is 26.4. The third kappa shape index (κ3) is 6.23. The highest BCUT2D eigenvalue weighted by atomic mass is 35.5. The molecule has 186 valence electrons. The molecule has 4 rings (SSSR count). The van der Waals surface area contributed by atoms with Gasteiger partial charge in [0.1, 0.15) is 11.1 Å². The van der Waals surface area contributed by atoms with Gasteiger partial charge in [0.15, 0.2) is 11.5 Å². The summed E-state index contributed by atoms with van der Waals surface area (Å²) in [6.07, 6.45) is 0. The van der Waals surface area contributed by atoms with Crippen LogP contribution in [0.4, 0.5) is 5.69 Å². The summed E-state index contributed by atoms with van der Waals surface area (Å²) in [6, 6.07) is 24.6. The predicted octanol–water partition coefficient (Wildman–Crippen LogP) is 7.00. The molecule has 0 atom stereocenters. The van der Waals surface area contributed by atoms with E-state index >= 15 is 0 Å². The average Bonchev–Trinajstić information content (AvgIpc) is 2.92. The van der Waals surface area contributed by atoms with E-state index in [0.29, 0.717) is 44.1 Å². The van der Waals surface area contributed by atoms with Gasteiger partial charge in [0.2, 0.25) is 5.91 Å². The van der Waals surface area contributed by atoms with E-state index in [1.165, 1.54) is 11.8 Å². The Kier molecular flexibility index (Phi) is 8.34. The van der Waals surface area contributed by atoms with Crippen LogP contribution in [-0.4, -0.2) is 30.9 Å². The standard InChI is InChI=1S/C29H24ClN3O3S/c1-18-4-6-19(7-5-18)25-15-23(20-8-13-26(35-2)27(14-20)36-3)24(16-31)29(33-25)37-17-28(34)32-22-11-9-21(30)10-12-22/h4-15H,17H2,1-3H3,(H,32,34). The average molecular weight is 530 g/mol. The van der Waals surface area contributed by atoms with Crippen molar-refractivity contribution in [1.82, 2.24) is 4.98 Å². The maximum Gasteiger partial charge on any atom is 0.234 e. The maximum absolute atomic E-state index is 12.7. The van der Waals surface area contributed by atoms with Crippen molar-refractivity contribution in [3.63, 3.8) is 0 Å². The highest BCUT2D eigenvalue weighted by Crippen LogP contribution is 2.38. The molecule has 4 aromatic rings. The van der Waals surface area contributed by atoms with E-state index in [4.69, 9.17) is 26.1 Å². The van der Waals surface area contributed by atoms with Crippen molar-refractivity contribution in [2.24, 2.45) is 0 Å². The van der Waals surface area contributed by atoms with Crippen LogP contribution < -0.4 is 14.8 Å². The maximum atomic E-state index is 12.7. The van der Waals surface area contributed by atoms with Gasteiger partial charge >= 0.3 is 0 Å². The number of nitriles is 1. The number of benzene rings is 3. The highest BCUT2D eigenvalue weighted by Gasteiger charge is 2.18. The first-order valence-electron chi connectivity index (χ1n) is 11.3. The zero-order valence-electron chi connectivity index (χ0n) is 20.5. The van der Waals surface area contributed by atoms with Crippen molar-refractivity contribution in [3.8, 4) is 40.0 Å². The molecule has 0 spiro atoms. The Bertz CT molecular complexity index is 1470. The summed E-state index contributed by atoms with van der Waals surface area (Å²) < 4.78 is 10.9. The first-order chi connectivity index (χ1) is 17.9. The molecule has 1 N–H and O–H groups in total. The molecule has 1 aromatic heterocycles.